The summed E-state index contributed by atoms with van der Waals surface area (Å²) in [5, 5.41) is 6.13. The first-order chi connectivity index (χ1) is 10.3. The van der Waals surface area contributed by atoms with Gasteiger partial charge in [-0.3, -0.25) is 4.79 Å². The first-order valence-corrected chi connectivity index (χ1v) is 7.60. The molecule has 0 saturated carbocycles. The maximum Gasteiger partial charge on any atom is 0.220 e. The van der Waals surface area contributed by atoms with Crippen molar-refractivity contribution < 1.29 is 13.9 Å². The molecule has 1 aliphatic rings. The van der Waals surface area contributed by atoms with Gasteiger partial charge in [0.1, 0.15) is 6.61 Å². The number of carbonyl (C=O) groups is 1. The van der Waals surface area contributed by atoms with E-state index in [1.807, 2.05) is 0 Å². The minimum Gasteiger partial charge on any atom is -0.489 e. The minimum absolute atomic E-state index is 0.0469. The number of hydrogen-bond acceptors (Lipinski definition) is 3. The average molecular weight is 294 g/mol. The molecule has 0 bridgehead atoms. The quantitative estimate of drug-likeness (QED) is 0.757. The van der Waals surface area contributed by atoms with E-state index in [1.54, 1.807) is 18.2 Å². The summed E-state index contributed by atoms with van der Waals surface area (Å²) < 4.78 is 18.6. The highest BCUT2D eigenvalue weighted by molar-refractivity contribution is 5.75. The van der Waals surface area contributed by atoms with E-state index >= 15 is 0 Å². The van der Waals surface area contributed by atoms with E-state index < -0.39 is 0 Å². The third kappa shape index (κ3) is 5.71. The van der Waals surface area contributed by atoms with Crippen LogP contribution in [-0.4, -0.2) is 32.1 Å². The second-order valence-corrected chi connectivity index (χ2v) is 5.36. The lowest BCUT2D eigenvalue weighted by Crippen LogP contribution is -2.30. The van der Waals surface area contributed by atoms with Crippen molar-refractivity contribution in [1.82, 2.24) is 10.6 Å². The molecule has 2 N–H and O–H groups in total. The van der Waals surface area contributed by atoms with E-state index in [4.69, 9.17) is 4.74 Å². The van der Waals surface area contributed by atoms with Gasteiger partial charge in [-0.05, 0) is 50.4 Å². The second kappa shape index (κ2) is 8.62. The molecule has 2 rings (SSSR count). The fourth-order valence-corrected chi connectivity index (χ4v) is 2.51. The predicted octanol–water partition coefficient (Wildman–Crippen LogP) is 2.10. The van der Waals surface area contributed by atoms with Crippen molar-refractivity contribution in [2.45, 2.75) is 25.7 Å². The summed E-state index contributed by atoms with van der Waals surface area (Å²) in [6.45, 7) is 2.80. The van der Waals surface area contributed by atoms with Crippen molar-refractivity contribution >= 4 is 5.91 Å². The molecule has 0 aliphatic carbocycles. The average Bonchev–Trinajstić information content (AvgIpc) is 2.52. The zero-order valence-corrected chi connectivity index (χ0v) is 12.2. The van der Waals surface area contributed by atoms with E-state index in [9.17, 15) is 9.18 Å². The Kier molecular flexibility index (Phi) is 6.47. The van der Waals surface area contributed by atoms with Crippen molar-refractivity contribution in [2.24, 2.45) is 5.92 Å². The van der Waals surface area contributed by atoms with E-state index in [2.05, 4.69) is 10.6 Å². The molecule has 1 saturated heterocycles. The summed E-state index contributed by atoms with van der Waals surface area (Å²) in [7, 11) is 0. The van der Waals surface area contributed by atoms with Gasteiger partial charge in [0.2, 0.25) is 5.91 Å². The number of hydrogen-bond donors (Lipinski definition) is 2. The van der Waals surface area contributed by atoms with Crippen LogP contribution >= 0.6 is 0 Å². The van der Waals surface area contributed by atoms with Gasteiger partial charge in [-0.15, -0.1) is 0 Å². The Morgan fingerprint density at radius 1 is 1.33 bits per heavy atom. The number of benzene rings is 1. The Hall–Kier alpha value is -1.62. The highest BCUT2D eigenvalue weighted by atomic mass is 19.1. The van der Waals surface area contributed by atoms with Gasteiger partial charge >= 0.3 is 0 Å². The molecule has 0 atom stereocenters. The molecule has 0 aromatic heterocycles. The molecule has 116 valence electrons. The number of para-hydroxylation sites is 1. The number of piperidine rings is 1. The predicted molar refractivity (Wildman–Crippen MR) is 79.7 cm³/mol. The summed E-state index contributed by atoms with van der Waals surface area (Å²) in [6, 6.07) is 6.27. The zero-order chi connectivity index (χ0) is 14.9. The Labute approximate surface area is 125 Å². The molecule has 4 nitrogen and oxygen atoms in total. The van der Waals surface area contributed by atoms with Crippen LogP contribution < -0.4 is 15.4 Å². The second-order valence-electron chi connectivity index (χ2n) is 5.36. The highest BCUT2D eigenvalue weighted by Gasteiger charge is 2.14. The first-order valence-electron chi connectivity index (χ1n) is 7.60. The molecule has 0 spiro atoms. The number of halogens is 1. The van der Waals surface area contributed by atoms with Crippen LogP contribution in [-0.2, 0) is 4.79 Å². The molecule has 5 heteroatoms. The van der Waals surface area contributed by atoms with Crippen LogP contribution in [0.4, 0.5) is 4.39 Å². The van der Waals surface area contributed by atoms with Crippen LogP contribution in [0.1, 0.15) is 25.7 Å². The maximum absolute atomic E-state index is 13.3. The maximum atomic E-state index is 13.3. The molecule has 1 aromatic rings. The van der Waals surface area contributed by atoms with Crippen molar-refractivity contribution in [3.8, 4) is 5.75 Å². The summed E-state index contributed by atoms with van der Waals surface area (Å²) in [6.07, 6.45) is 3.82. The molecular weight excluding hydrogens is 271 g/mol. The molecule has 21 heavy (non-hydrogen) atoms. The van der Waals surface area contributed by atoms with E-state index in [0.29, 0.717) is 18.9 Å². The van der Waals surface area contributed by atoms with E-state index in [-0.39, 0.29) is 24.1 Å². The smallest absolute Gasteiger partial charge is 0.220 e. The van der Waals surface area contributed by atoms with E-state index in [1.165, 1.54) is 6.07 Å². The zero-order valence-electron chi connectivity index (χ0n) is 12.2. The largest absolute Gasteiger partial charge is 0.489 e. The van der Waals surface area contributed by atoms with Gasteiger partial charge in [0.25, 0.3) is 0 Å². The highest BCUT2D eigenvalue weighted by Crippen LogP contribution is 2.17. The van der Waals surface area contributed by atoms with Crippen molar-refractivity contribution in [1.29, 1.82) is 0 Å². The molecular formula is C16H23FN2O2. The summed E-state index contributed by atoms with van der Waals surface area (Å²) in [5.41, 5.74) is 0. The van der Waals surface area contributed by atoms with Gasteiger partial charge in [-0.2, -0.15) is 0 Å². The SMILES string of the molecule is O=C(CCC1CCNCC1)NCCOc1ccccc1F. The van der Waals surface area contributed by atoms with Gasteiger partial charge in [0.05, 0.1) is 6.54 Å². The van der Waals surface area contributed by atoms with Crippen LogP contribution in [0.3, 0.4) is 0 Å². The number of ether oxygens (including phenoxy) is 1. The van der Waals surface area contributed by atoms with Crippen LogP contribution in [0.5, 0.6) is 5.75 Å². The number of nitrogens with one attached hydrogen (secondary N) is 2. The Balaban J connectivity index is 1.56. The Bertz CT molecular complexity index is 448. The summed E-state index contributed by atoms with van der Waals surface area (Å²) in [4.78, 5) is 11.7. The molecule has 1 aromatic carbocycles. The fraction of sp³-hybridized carbons (Fsp3) is 0.562. The van der Waals surface area contributed by atoms with E-state index in [0.717, 1.165) is 32.4 Å². The van der Waals surface area contributed by atoms with Crippen LogP contribution in [0, 0.1) is 11.7 Å². The van der Waals surface area contributed by atoms with Gasteiger partial charge in [0.15, 0.2) is 11.6 Å². The first kappa shape index (κ1) is 15.8. The van der Waals surface area contributed by atoms with Gasteiger partial charge < -0.3 is 15.4 Å². The fourth-order valence-electron chi connectivity index (χ4n) is 2.51. The molecule has 1 amide bonds. The molecule has 1 aliphatic heterocycles. The lowest BCUT2D eigenvalue weighted by molar-refractivity contribution is -0.121. The number of carbonyl (C=O) groups excluding carboxylic acids is 1. The standard InChI is InChI=1S/C16H23FN2O2/c17-14-3-1-2-4-15(14)21-12-11-19-16(20)6-5-13-7-9-18-10-8-13/h1-4,13,18H,5-12H2,(H,19,20). The normalized spacial score (nSPS) is 15.7. The molecule has 0 radical (unpaired) electrons. The van der Waals surface area contributed by atoms with Gasteiger partial charge in [-0.1, -0.05) is 12.1 Å². The number of rotatable bonds is 7. The van der Waals surface area contributed by atoms with Crippen LogP contribution in [0.15, 0.2) is 24.3 Å². The molecule has 1 heterocycles. The van der Waals surface area contributed by atoms with Crippen molar-refractivity contribution in [2.75, 3.05) is 26.2 Å². The third-order valence-corrected chi connectivity index (χ3v) is 3.76. The molecule has 1 fully saturated rings. The lowest BCUT2D eigenvalue weighted by Gasteiger charge is -2.22. The monoisotopic (exact) mass is 294 g/mol. The number of amides is 1. The Morgan fingerprint density at radius 3 is 2.86 bits per heavy atom. The summed E-state index contributed by atoms with van der Waals surface area (Å²) >= 11 is 0. The van der Waals surface area contributed by atoms with Gasteiger partial charge in [-0.25, -0.2) is 4.39 Å². The molecule has 0 unspecified atom stereocenters. The lowest BCUT2D eigenvalue weighted by atomic mass is 9.93. The van der Waals surface area contributed by atoms with Crippen molar-refractivity contribution in [3.05, 3.63) is 30.1 Å². The summed E-state index contributed by atoms with van der Waals surface area (Å²) in [5.74, 6) is 0.550. The topological polar surface area (TPSA) is 50.4 Å². The third-order valence-electron chi connectivity index (χ3n) is 3.76. The van der Waals surface area contributed by atoms with Crippen LogP contribution in [0.2, 0.25) is 0 Å². The van der Waals surface area contributed by atoms with Crippen molar-refractivity contribution in [3.63, 3.8) is 0 Å². The minimum atomic E-state index is -0.380. The van der Waals surface area contributed by atoms with Gasteiger partial charge in [0, 0.05) is 6.42 Å². The van der Waals surface area contributed by atoms with Crippen LogP contribution in [0.25, 0.3) is 0 Å². The Morgan fingerprint density at radius 2 is 2.10 bits per heavy atom.